The maximum absolute atomic E-state index is 4.93. The van der Waals surface area contributed by atoms with Gasteiger partial charge >= 0.3 is 0 Å². The summed E-state index contributed by atoms with van der Waals surface area (Å²) in [6.45, 7) is 0. The highest BCUT2D eigenvalue weighted by atomic mass is 32.1. The van der Waals surface area contributed by atoms with Crippen LogP contribution in [0.25, 0.3) is 10.6 Å². The van der Waals surface area contributed by atoms with E-state index in [4.69, 9.17) is 4.99 Å². The van der Waals surface area contributed by atoms with E-state index >= 15 is 0 Å². The second-order valence-corrected chi connectivity index (χ2v) is 7.14. The molecule has 0 unspecified atom stereocenters. The molecule has 1 heterocycles. The molecular weight excluding hydrogens is 292 g/mol. The molecule has 118 valence electrons. The Morgan fingerprint density at radius 1 is 1.23 bits per heavy atom. The van der Waals surface area contributed by atoms with Crippen LogP contribution in [0.2, 0.25) is 0 Å². The van der Waals surface area contributed by atoms with Crippen LogP contribution in [0.4, 0.5) is 5.69 Å². The molecule has 0 bridgehead atoms. The van der Waals surface area contributed by atoms with E-state index in [1.54, 1.807) is 11.3 Å². The number of aryl methyl sites for hydroxylation is 1. The Morgan fingerprint density at radius 2 is 2.00 bits per heavy atom. The smallest absolute Gasteiger partial charge is 0.203 e. The standard InChI is InChI=1S/C17H24N4S/c1-20(2)15-11-7-8-13(12-15)16-19-21(3)17(22-16)18-14-9-5-4-6-10-14/h7-8,11-12,14H,4-6,9-10H2,1-3H3/b18-17+. The molecule has 4 nitrogen and oxygen atoms in total. The predicted octanol–water partition coefficient (Wildman–Crippen LogP) is 3.45. The second-order valence-electron chi connectivity index (χ2n) is 6.18. The molecule has 1 aliphatic carbocycles. The maximum atomic E-state index is 4.93. The first-order valence-corrected chi connectivity index (χ1v) is 8.81. The Bertz CT molecular complexity index is 693. The summed E-state index contributed by atoms with van der Waals surface area (Å²) < 4.78 is 1.93. The number of rotatable bonds is 3. The minimum atomic E-state index is 0.487. The number of hydrogen-bond donors (Lipinski definition) is 0. The zero-order chi connectivity index (χ0) is 15.5. The molecule has 0 aliphatic heterocycles. The quantitative estimate of drug-likeness (QED) is 0.869. The fraction of sp³-hybridized carbons (Fsp3) is 0.529. The molecule has 5 heteroatoms. The summed E-state index contributed by atoms with van der Waals surface area (Å²) in [5.74, 6) is 0. The highest BCUT2D eigenvalue weighted by Gasteiger charge is 2.13. The van der Waals surface area contributed by atoms with E-state index in [0.29, 0.717) is 6.04 Å². The number of aromatic nitrogens is 2. The van der Waals surface area contributed by atoms with Gasteiger partial charge in [0.1, 0.15) is 5.01 Å². The monoisotopic (exact) mass is 316 g/mol. The summed E-state index contributed by atoms with van der Waals surface area (Å²) >= 11 is 1.69. The Hall–Kier alpha value is -1.62. The van der Waals surface area contributed by atoms with Crippen LogP contribution in [0.1, 0.15) is 32.1 Å². The lowest BCUT2D eigenvalue weighted by Crippen LogP contribution is -2.18. The van der Waals surface area contributed by atoms with Crippen molar-refractivity contribution in [2.45, 2.75) is 38.1 Å². The van der Waals surface area contributed by atoms with Gasteiger partial charge in [-0.1, -0.05) is 42.7 Å². The molecule has 1 saturated carbocycles. The van der Waals surface area contributed by atoms with Gasteiger partial charge < -0.3 is 4.90 Å². The van der Waals surface area contributed by atoms with Gasteiger partial charge in [-0.2, -0.15) is 5.10 Å². The van der Waals surface area contributed by atoms with Crippen molar-refractivity contribution in [3.05, 3.63) is 29.1 Å². The number of benzene rings is 1. The summed E-state index contributed by atoms with van der Waals surface area (Å²) in [6, 6.07) is 9.00. The van der Waals surface area contributed by atoms with E-state index in [1.807, 2.05) is 11.7 Å². The molecule has 2 aromatic rings. The summed E-state index contributed by atoms with van der Waals surface area (Å²) in [6.07, 6.45) is 6.44. The van der Waals surface area contributed by atoms with Crippen molar-refractivity contribution in [1.82, 2.24) is 9.78 Å². The Morgan fingerprint density at radius 3 is 2.73 bits per heavy atom. The van der Waals surface area contributed by atoms with Gasteiger partial charge in [0.25, 0.3) is 0 Å². The molecule has 0 N–H and O–H groups in total. The number of anilines is 1. The lowest BCUT2D eigenvalue weighted by Gasteiger charge is -2.16. The molecule has 0 saturated heterocycles. The van der Waals surface area contributed by atoms with Gasteiger partial charge in [-0.15, -0.1) is 0 Å². The van der Waals surface area contributed by atoms with Gasteiger partial charge in [0, 0.05) is 32.4 Å². The fourth-order valence-corrected chi connectivity index (χ4v) is 3.82. The molecule has 0 atom stereocenters. The molecular formula is C17H24N4S. The third-order valence-electron chi connectivity index (χ3n) is 4.18. The molecule has 1 aromatic carbocycles. The van der Waals surface area contributed by atoms with E-state index in [0.717, 1.165) is 15.4 Å². The zero-order valence-corrected chi connectivity index (χ0v) is 14.4. The van der Waals surface area contributed by atoms with Gasteiger partial charge in [0.2, 0.25) is 4.80 Å². The third-order valence-corrected chi connectivity index (χ3v) is 5.25. The Balaban J connectivity index is 1.91. The average Bonchev–Trinajstić information content (AvgIpc) is 2.89. The van der Waals surface area contributed by atoms with Crippen LogP contribution in [0.5, 0.6) is 0 Å². The summed E-state index contributed by atoms with van der Waals surface area (Å²) in [4.78, 5) is 8.08. The van der Waals surface area contributed by atoms with Crippen LogP contribution in [-0.4, -0.2) is 29.9 Å². The lowest BCUT2D eigenvalue weighted by atomic mass is 9.96. The van der Waals surface area contributed by atoms with Crippen molar-refractivity contribution in [3.63, 3.8) is 0 Å². The molecule has 3 rings (SSSR count). The lowest BCUT2D eigenvalue weighted by molar-refractivity contribution is 0.434. The SMILES string of the molecule is CN(C)c1cccc(-c2nn(C)/c(=N\C3CCCCC3)s2)c1. The van der Waals surface area contributed by atoms with Crippen molar-refractivity contribution in [2.24, 2.45) is 12.0 Å². The van der Waals surface area contributed by atoms with Crippen LogP contribution in [0.3, 0.4) is 0 Å². The van der Waals surface area contributed by atoms with Crippen LogP contribution in [0, 0.1) is 0 Å². The first-order chi connectivity index (χ1) is 10.6. The van der Waals surface area contributed by atoms with E-state index in [-0.39, 0.29) is 0 Å². The van der Waals surface area contributed by atoms with Crippen LogP contribution in [0.15, 0.2) is 29.3 Å². The minimum absolute atomic E-state index is 0.487. The molecule has 1 fully saturated rings. The van der Waals surface area contributed by atoms with Gasteiger partial charge in [-0.3, -0.25) is 4.99 Å². The first kappa shape index (κ1) is 15.3. The third kappa shape index (κ3) is 3.40. The minimum Gasteiger partial charge on any atom is -0.378 e. The van der Waals surface area contributed by atoms with Crippen LogP contribution < -0.4 is 9.70 Å². The molecule has 1 aromatic heterocycles. The molecule has 0 spiro atoms. The fourth-order valence-electron chi connectivity index (χ4n) is 2.86. The van der Waals surface area contributed by atoms with Crippen molar-refractivity contribution >= 4 is 17.0 Å². The topological polar surface area (TPSA) is 33.4 Å². The zero-order valence-electron chi connectivity index (χ0n) is 13.6. The molecule has 1 aliphatic rings. The van der Waals surface area contributed by atoms with E-state index in [2.05, 4.69) is 48.4 Å². The molecule has 0 radical (unpaired) electrons. The highest BCUT2D eigenvalue weighted by molar-refractivity contribution is 7.12. The van der Waals surface area contributed by atoms with Crippen molar-refractivity contribution in [1.29, 1.82) is 0 Å². The Kier molecular flexibility index (Phi) is 4.62. The largest absolute Gasteiger partial charge is 0.378 e. The van der Waals surface area contributed by atoms with Crippen molar-refractivity contribution in [3.8, 4) is 10.6 Å². The van der Waals surface area contributed by atoms with Crippen LogP contribution in [-0.2, 0) is 7.05 Å². The van der Waals surface area contributed by atoms with Gasteiger partial charge in [-0.25, -0.2) is 4.68 Å². The van der Waals surface area contributed by atoms with Crippen LogP contribution >= 0.6 is 11.3 Å². The summed E-state index contributed by atoms with van der Waals surface area (Å²) in [7, 11) is 6.12. The first-order valence-electron chi connectivity index (χ1n) is 7.99. The normalized spacial score (nSPS) is 17.0. The average molecular weight is 316 g/mol. The predicted molar refractivity (Wildman–Crippen MR) is 93.3 cm³/mol. The van der Waals surface area contributed by atoms with E-state index in [9.17, 15) is 0 Å². The van der Waals surface area contributed by atoms with Gasteiger partial charge in [-0.05, 0) is 25.0 Å². The number of nitrogens with zero attached hydrogens (tertiary/aromatic N) is 4. The molecule has 22 heavy (non-hydrogen) atoms. The highest BCUT2D eigenvalue weighted by Crippen LogP contribution is 2.24. The number of hydrogen-bond acceptors (Lipinski definition) is 4. The van der Waals surface area contributed by atoms with Crippen molar-refractivity contribution < 1.29 is 0 Å². The molecule has 0 amide bonds. The Labute approximate surface area is 136 Å². The maximum Gasteiger partial charge on any atom is 0.203 e. The summed E-state index contributed by atoms with van der Waals surface area (Å²) in [5.41, 5.74) is 2.36. The van der Waals surface area contributed by atoms with Crippen molar-refractivity contribution in [2.75, 3.05) is 19.0 Å². The summed E-state index contributed by atoms with van der Waals surface area (Å²) in [5, 5.41) is 5.71. The second kappa shape index (κ2) is 6.65. The van der Waals surface area contributed by atoms with E-state index in [1.165, 1.54) is 37.8 Å². The van der Waals surface area contributed by atoms with Gasteiger partial charge in [0.15, 0.2) is 0 Å². The van der Waals surface area contributed by atoms with E-state index < -0.39 is 0 Å². The van der Waals surface area contributed by atoms with Gasteiger partial charge in [0.05, 0.1) is 6.04 Å².